The number of hydrogen-bond donors (Lipinski definition) is 4. The van der Waals surface area contributed by atoms with Crippen molar-refractivity contribution < 1.29 is 94.1 Å². The highest BCUT2D eigenvalue weighted by molar-refractivity contribution is 7.92. The molecular formula is C84H114F11N3O10S2. The fraction of sp³-hybridized carbons (Fsp3) is 0.464. The first-order valence-corrected chi connectivity index (χ1v) is 39.1. The fourth-order valence-electron chi connectivity index (χ4n) is 10.3. The topological polar surface area (TPSA) is 194 Å². The van der Waals surface area contributed by atoms with Crippen LogP contribution in [0.15, 0.2) is 150 Å². The standard InChI is InChI=1S/C15H23NO4S.C12H16FNO.C12H16O2.C11H12F4.C11H13F3.C11H14F2O.C11H16FNO2S.CH4/c1-10(2)9-12-5-7-13(8-6-12)21(19,20)16-14(11(3)4)15(17)18;1-8(2)6-10-4-5-11(13)12(7-10)14-9(3)15;1-9(2)7-10-5-4-6-11(8-10)12(13)14-3;1-7(2)5-8-6-9(11(13,14)15)3-4-10(8)12;1-7(2)5-8-3-4-10(12)9(6-8)11(13)14;1-8(2)7-9-3-5-10(6-4-9)14-11(12)13;1-8(2)6-9-4-5-10(12)11(7-9)13-16(3,14)15;/h5-8,10-11,14,16H,9H2,1-4H3,(H,17,18);4-5,7-8H,6H2,1-3H3,(H,14,15);4-6,8-9H,7H2,1-3H3;3-4,6-7H,5H2,1-2H3;3-4,6-7,11H,5H2,1-2H3;3-6,8,11H,7H2,1-2H3;4-5,7-8,13H,6H2,1-3H3;1H4/t14-;;;;;;;/m0......./s1. The lowest BCUT2D eigenvalue weighted by Gasteiger charge is -2.18. The maximum atomic E-state index is 13.3. The van der Waals surface area contributed by atoms with E-state index in [-0.39, 0.29) is 58.7 Å². The number of methoxy groups -OCH3 is 1. The Morgan fingerprint density at radius 3 is 1.26 bits per heavy atom. The lowest BCUT2D eigenvalue weighted by atomic mass is 10.0. The third kappa shape index (κ3) is 43.3. The Morgan fingerprint density at radius 2 is 0.873 bits per heavy atom. The third-order valence-corrected chi connectivity index (χ3v) is 16.8. The predicted octanol–water partition coefficient (Wildman–Crippen LogP) is 22.5. The number of amides is 1. The normalized spacial score (nSPS) is 11.6. The Labute approximate surface area is 646 Å². The quantitative estimate of drug-likeness (QED) is 0.0299. The van der Waals surface area contributed by atoms with Gasteiger partial charge < -0.3 is 19.9 Å². The number of carboxylic acid groups (broad SMARTS) is 1. The van der Waals surface area contributed by atoms with Crippen molar-refractivity contribution in [3.8, 4) is 5.75 Å². The first kappa shape index (κ1) is 102. The van der Waals surface area contributed by atoms with Crippen LogP contribution in [-0.4, -0.2) is 65.8 Å². The molecule has 0 aliphatic heterocycles. The number of esters is 1. The van der Waals surface area contributed by atoms with Crippen molar-refractivity contribution in [2.24, 2.45) is 47.3 Å². The van der Waals surface area contributed by atoms with Crippen LogP contribution in [0.2, 0.25) is 0 Å². The zero-order valence-corrected chi connectivity index (χ0v) is 67.4. The summed E-state index contributed by atoms with van der Waals surface area (Å²) >= 11 is 0. The third-order valence-electron chi connectivity index (χ3n) is 14.8. The highest BCUT2D eigenvalue weighted by Gasteiger charge is 2.31. The average molecular weight is 1600 g/mol. The van der Waals surface area contributed by atoms with Crippen LogP contribution in [-0.2, 0) is 85.5 Å². The van der Waals surface area contributed by atoms with Gasteiger partial charge in [0.05, 0.1) is 46.3 Å². The number of ether oxygens (including phenoxy) is 2. The van der Waals surface area contributed by atoms with Gasteiger partial charge >= 0.3 is 24.7 Å². The van der Waals surface area contributed by atoms with E-state index in [1.807, 2.05) is 71.9 Å². The summed E-state index contributed by atoms with van der Waals surface area (Å²) < 4.78 is 198. The van der Waals surface area contributed by atoms with Gasteiger partial charge in [0.1, 0.15) is 35.1 Å². The minimum atomic E-state index is -4.40. The molecule has 0 radical (unpaired) electrons. The SMILES string of the molecule is C.CC(=O)Nc1cc(CC(C)C)ccc1F.CC(C)Cc1cc(C(F)(F)F)ccc1F.CC(C)Cc1ccc(F)c(C(F)F)c1.CC(C)Cc1ccc(F)c(NS(C)(=O)=O)c1.CC(C)Cc1ccc(OC(F)F)cc1.CC(C)Cc1ccc(S(=O)(=O)N[C@H](C(=O)O)C(C)C)cc1.COC(=O)c1cccc(CC(C)C)c1. The molecule has 26 heteroatoms. The van der Waals surface area contributed by atoms with Gasteiger partial charge in [-0.05, 0) is 222 Å². The van der Waals surface area contributed by atoms with Crippen molar-refractivity contribution in [1.82, 2.24) is 4.72 Å². The number of carboxylic acids is 1. The molecule has 4 N–H and O–H groups in total. The lowest BCUT2D eigenvalue weighted by molar-refractivity contribution is -0.140. The summed E-state index contributed by atoms with van der Waals surface area (Å²) in [4.78, 5) is 33.2. The summed E-state index contributed by atoms with van der Waals surface area (Å²) in [6.45, 7) is 30.6. The van der Waals surface area contributed by atoms with Crippen molar-refractivity contribution in [2.75, 3.05) is 23.4 Å². The van der Waals surface area contributed by atoms with E-state index in [0.29, 0.717) is 53.9 Å². The van der Waals surface area contributed by atoms with Crippen molar-refractivity contribution in [3.05, 3.63) is 224 Å². The molecule has 13 nitrogen and oxygen atoms in total. The number of rotatable bonds is 26. The fourth-order valence-corrected chi connectivity index (χ4v) is 12.2. The molecule has 0 unspecified atom stereocenters. The van der Waals surface area contributed by atoms with Crippen LogP contribution in [0.25, 0.3) is 0 Å². The molecule has 0 aliphatic carbocycles. The number of halogens is 11. The maximum absolute atomic E-state index is 13.3. The Bertz CT molecular complexity index is 4090. The molecule has 7 aromatic rings. The summed E-state index contributed by atoms with van der Waals surface area (Å²) in [6, 6.07) is 35.6. The molecule has 0 aromatic heterocycles. The van der Waals surface area contributed by atoms with Gasteiger partial charge in [-0.15, -0.1) is 0 Å². The molecule has 1 amide bonds. The second-order valence-corrected chi connectivity index (χ2v) is 32.8. The number of hydrogen-bond acceptors (Lipinski definition) is 9. The van der Waals surface area contributed by atoms with E-state index in [0.717, 1.165) is 90.4 Å². The zero-order chi connectivity index (χ0) is 83.4. The van der Waals surface area contributed by atoms with Gasteiger partial charge in [0.2, 0.25) is 26.0 Å². The first-order valence-electron chi connectivity index (χ1n) is 35.7. The largest absolute Gasteiger partial charge is 0.480 e. The number of sulfonamides is 2. The van der Waals surface area contributed by atoms with E-state index in [1.54, 1.807) is 68.4 Å². The molecule has 614 valence electrons. The smallest absolute Gasteiger partial charge is 0.416 e. The first-order chi connectivity index (χ1) is 50.4. The summed E-state index contributed by atoms with van der Waals surface area (Å²) in [5, 5.41) is 11.5. The van der Waals surface area contributed by atoms with Crippen LogP contribution >= 0.6 is 0 Å². The molecule has 0 bridgehead atoms. The minimum absolute atomic E-state index is 0. The molecular weight excluding hydrogens is 1480 g/mol. The maximum Gasteiger partial charge on any atom is 0.416 e. The summed E-state index contributed by atoms with van der Waals surface area (Å²) in [6.07, 6.45) is -0.637. The number of anilines is 2. The van der Waals surface area contributed by atoms with Crippen molar-refractivity contribution in [1.29, 1.82) is 0 Å². The highest BCUT2D eigenvalue weighted by atomic mass is 32.2. The van der Waals surface area contributed by atoms with Gasteiger partial charge in [0, 0.05) is 6.92 Å². The van der Waals surface area contributed by atoms with Crippen LogP contribution < -0.4 is 19.5 Å². The van der Waals surface area contributed by atoms with Crippen LogP contribution in [0.1, 0.15) is 192 Å². The van der Waals surface area contributed by atoms with Crippen molar-refractivity contribution in [3.63, 3.8) is 0 Å². The zero-order valence-electron chi connectivity index (χ0n) is 65.8. The van der Waals surface area contributed by atoms with E-state index >= 15 is 0 Å². The lowest BCUT2D eigenvalue weighted by Crippen LogP contribution is -2.44. The van der Waals surface area contributed by atoms with E-state index in [9.17, 15) is 79.5 Å². The van der Waals surface area contributed by atoms with Gasteiger partial charge in [-0.25, -0.2) is 48.0 Å². The van der Waals surface area contributed by atoms with Gasteiger partial charge in [-0.3, -0.25) is 14.3 Å². The summed E-state index contributed by atoms with van der Waals surface area (Å²) in [7, 11) is -5.86. The molecule has 0 spiro atoms. The van der Waals surface area contributed by atoms with Gasteiger partial charge in [-0.1, -0.05) is 173 Å². The molecule has 110 heavy (non-hydrogen) atoms. The highest BCUT2D eigenvalue weighted by Crippen LogP contribution is 2.32. The Morgan fingerprint density at radius 1 is 0.482 bits per heavy atom. The molecule has 0 heterocycles. The van der Waals surface area contributed by atoms with E-state index in [2.05, 4.69) is 79.6 Å². The molecule has 0 saturated carbocycles. The average Bonchev–Trinajstić information content (AvgIpc) is 0.794. The van der Waals surface area contributed by atoms with Crippen LogP contribution in [0, 0.1) is 70.6 Å². The molecule has 7 rings (SSSR count). The van der Waals surface area contributed by atoms with Crippen molar-refractivity contribution >= 4 is 49.3 Å². The Balaban J connectivity index is 0.00000126. The van der Waals surface area contributed by atoms with E-state index in [1.165, 1.54) is 56.0 Å². The Hall–Kier alpha value is -8.36. The molecule has 1 atom stereocenters. The van der Waals surface area contributed by atoms with E-state index < -0.39 is 85.7 Å². The van der Waals surface area contributed by atoms with Crippen LogP contribution in [0.3, 0.4) is 0 Å². The second-order valence-electron chi connectivity index (χ2n) is 29.4. The summed E-state index contributed by atoms with van der Waals surface area (Å²) in [5.74, 6) is -1.05. The Kier molecular flexibility index (Phi) is 46.0. The number of aliphatic carboxylic acids is 1. The number of nitrogens with one attached hydrogen (secondary N) is 3. The second kappa shape index (κ2) is 49.8. The number of alkyl halides is 7. The molecule has 0 aliphatic rings. The number of carbonyl (C=O) groups excluding carboxylic acids is 2. The monoisotopic (exact) mass is 1600 g/mol. The number of carbonyl (C=O) groups is 3. The molecule has 7 aromatic carbocycles. The van der Waals surface area contributed by atoms with E-state index in [4.69, 9.17) is 5.11 Å². The minimum Gasteiger partial charge on any atom is -0.480 e. The predicted molar refractivity (Wildman–Crippen MR) is 419 cm³/mol. The molecule has 0 fully saturated rings. The van der Waals surface area contributed by atoms with Crippen LogP contribution in [0.4, 0.5) is 59.7 Å². The number of benzene rings is 7. The van der Waals surface area contributed by atoms with Crippen molar-refractivity contribution in [2.45, 2.75) is 200 Å². The van der Waals surface area contributed by atoms with Gasteiger partial charge in [-0.2, -0.15) is 26.7 Å². The van der Waals surface area contributed by atoms with Gasteiger partial charge in [0.15, 0.2) is 0 Å². The van der Waals surface area contributed by atoms with Crippen LogP contribution in [0.5, 0.6) is 5.75 Å². The summed E-state index contributed by atoms with van der Waals surface area (Å²) in [5.41, 5.74) is 5.84. The van der Waals surface area contributed by atoms with Gasteiger partial charge in [0.25, 0.3) is 6.43 Å². The molecule has 0 saturated heterocycles.